The molecule has 1 aliphatic rings. The minimum atomic E-state index is -0.294. The lowest BCUT2D eigenvalue weighted by Gasteiger charge is -2.26. The van der Waals surface area contributed by atoms with Crippen molar-refractivity contribution in [3.05, 3.63) is 58.7 Å². The third-order valence-electron chi connectivity index (χ3n) is 5.64. The number of para-hydroxylation sites is 1. The van der Waals surface area contributed by atoms with Crippen molar-refractivity contribution in [1.29, 1.82) is 0 Å². The van der Waals surface area contributed by atoms with Crippen LogP contribution >= 0.6 is 0 Å². The molecule has 28 heavy (non-hydrogen) atoms. The van der Waals surface area contributed by atoms with Gasteiger partial charge < -0.3 is 15.1 Å². The molecule has 0 saturated heterocycles. The average Bonchev–Trinajstić information content (AvgIpc) is 3.07. The first-order chi connectivity index (χ1) is 13.3. The number of likely N-dealkylation sites (N-methyl/N-ethyl adjacent to an activating group) is 1. The second kappa shape index (κ2) is 8.15. The molecule has 0 aromatic heterocycles. The predicted octanol–water partition coefficient (Wildman–Crippen LogP) is 2.04. The van der Waals surface area contributed by atoms with E-state index in [9.17, 15) is 9.59 Å². The molecule has 0 spiro atoms. The summed E-state index contributed by atoms with van der Waals surface area (Å²) in [6.45, 7) is 8.91. The van der Waals surface area contributed by atoms with E-state index in [4.69, 9.17) is 0 Å². The Morgan fingerprint density at radius 3 is 2.46 bits per heavy atom. The molecule has 0 bridgehead atoms. The largest absolute Gasteiger partial charge is 0.321 e. The standard InChI is InChI=1S/C23H29N3O2/c1-15-12-16(2)22(17(3)13-15)24-21(27)14-25(5)18(4)23(28)26-11-10-19-8-6-7-9-20(19)26/h6-9,12-13,18H,10-11,14H2,1-5H3,(H,24,27)/p+1/t18-/m0/s1. The number of rotatable bonds is 5. The number of amides is 2. The minimum Gasteiger partial charge on any atom is -0.321 e. The van der Waals surface area contributed by atoms with E-state index in [2.05, 4.69) is 23.5 Å². The Labute approximate surface area is 167 Å². The number of hydrogen-bond donors (Lipinski definition) is 2. The lowest BCUT2D eigenvalue weighted by Crippen LogP contribution is -3.15. The maximum absolute atomic E-state index is 13.0. The second-order valence-electron chi connectivity index (χ2n) is 7.94. The molecule has 2 amide bonds. The summed E-state index contributed by atoms with van der Waals surface area (Å²) in [5, 5.41) is 3.03. The Kier molecular flexibility index (Phi) is 5.84. The molecule has 5 nitrogen and oxygen atoms in total. The highest BCUT2D eigenvalue weighted by Crippen LogP contribution is 2.27. The molecule has 1 unspecified atom stereocenters. The molecule has 2 N–H and O–H groups in total. The predicted molar refractivity (Wildman–Crippen MR) is 113 cm³/mol. The van der Waals surface area contributed by atoms with Crippen molar-refractivity contribution in [3.63, 3.8) is 0 Å². The van der Waals surface area contributed by atoms with Gasteiger partial charge in [0, 0.05) is 17.9 Å². The molecule has 3 rings (SSSR count). The number of hydrogen-bond acceptors (Lipinski definition) is 2. The Morgan fingerprint density at radius 1 is 1.14 bits per heavy atom. The quantitative estimate of drug-likeness (QED) is 0.834. The van der Waals surface area contributed by atoms with Crippen LogP contribution in [0.4, 0.5) is 11.4 Å². The van der Waals surface area contributed by atoms with Crippen LogP contribution in [0.5, 0.6) is 0 Å². The zero-order valence-corrected chi connectivity index (χ0v) is 17.4. The van der Waals surface area contributed by atoms with Gasteiger partial charge in [-0.15, -0.1) is 0 Å². The first-order valence-corrected chi connectivity index (χ1v) is 9.87. The number of nitrogens with one attached hydrogen (secondary N) is 2. The SMILES string of the molecule is Cc1cc(C)c(NC(=O)C[NH+](C)[C@@H](C)C(=O)N2CCc3ccccc32)c(C)c1. The second-order valence-corrected chi connectivity index (χ2v) is 7.94. The molecule has 1 aliphatic heterocycles. The topological polar surface area (TPSA) is 53.9 Å². The molecular weight excluding hydrogens is 350 g/mol. The van der Waals surface area contributed by atoms with E-state index >= 15 is 0 Å². The summed E-state index contributed by atoms with van der Waals surface area (Å²) in [5.41, 5.74) is 6.38. The molecular formula is C23H30N3O2+. The maximum atomic E-state index is 13.0. The van der Waals surface area contributed by atoms with E-state index in [1.54, 1.807) is 0 Å². The number of anilines is 2. The average molecular weight is 381 g/mol. The Bertz CT molecular complexity index is 883. The highest BCUT2D eigenvalue weighted by atomic mass is 16.2. The Balaban J connectivity index is 1.64. The van der Waals surface area contributed by atoms with Gasteiger partial charge in [0.25, 0.3) is 11.8 Å². The van der Waals surface area contributed by atoms with Crippen LogP contribution in [0.15, 0.2) is 36.4 Å². The summed E-state index contributed by atoms with van der Waals surface area (Å²) in [4.78, 5) is 28.4. The maximum Gasteiger partial charge on any atom is 0.284 e. The third kappa shape index (κ3) is 4.09. The van der Waals surface area contributed by atoms with Gasteiger partial charge in [-0.2, -0.15) is 0 Å². The Morgan fingerprint density at radius 2 is 1.79 bits per heavy atom. The van der Waals surface area contributed by atoms with Gasteiger partial charge in [0.1, 0.15) is 0 Å². The fraction of sp³-hybridized carbons (Fsp3) is 0.391. The molecule has 0 aliphatic carbocycles. The smallest absolute Gasteiger partial charge is 0.284 e. The normalized spacial score (nSPS) is 15.1. The number of benzene rings is 2. The van der Waals surface area contributed by atoms with E-state index in [0.717, 1.165) is 33.8 Å². The van der Waals surface area contributed by atoms with Gasteiger partial charge in [0.2, 0.25) is 0 Å². The monoisotopic (exact) mass is 380 g/mol. The molecule has 0 saturated carbocycles. The molecule has 2 aromatic carbocycles. The van der Waals surface area contributed by atoms with E-state index in [1.165, 1.54) is 11.1 Å². The van der Waals surface area contributed by atoms with Gasteiger partial charge in [-0.3, -0.25) is 9.59 Å². The van der Waals surface area contributed by atoms with Crippen LogP contribution in [-0.4, -0.2) is 38.0 Å². The van der Waals surface area contributed by atoms with Crippen LogP contribution in [0.25, 0.3) is 0 Å². The van der Waals surface area contributed by atoms with Crippen LogP contribution in [0, 0.1) is 20.8 Å². The number of quaternary nitrogens is 1. The van der Waals surface area contributed by atoms with Crippen LogP contribution < -0.4 is 15.1 Å². The van der Waals surface area contributed by atoms with Crippen molar-refractivity contribution in [2.24, 2.45) is 0 Å². The van der Waals surface area contributed by atoms with Gasteiger partial charge in [0.15, 0.2) is 12.6 Å². The highest BCUT2D eigenvalue weighted by molar-refractivity contribution is 5.98. The van der Waals surface area contributed by atoms with E-state index in [0.29, 0.717) is 6.54 Å². The van der Waals surface area contributed by atoms with Crippen molar-refractivity contribution in [2.45, 2.75) is 40.2 Å². The molecule has 0 radical (unpaired) electrons. The van der Waals surface area contributed by atoms with Gasteiger partial charge in [-0.05, 0) is 56.9 Å². The summed E-state index contributed by atoms with van der Waals surface area (Å²) >= 11 is 0. The molecule has 1 heterocycles. The van der Waals surface area contributed by atoms with Gasteiger partial charge in [-0.25, -0.2) is 0 Å². The van der Waals surface area contributed by atoms with Crippen molar-refractivity contribution < 1.29 is 14.5 Å². The van der Waals surface area contributed by atoms with E-state index in [-0.39, 0.29) is 24.4 Å². The van der Waals surface area contributed by atoms with Gasteiger partial charge >= 0.3 is 0 Å². The number of fused-ring (bicyclic) bond motifs is 1. The summed E-state index contributed by atoms with van der Waals surface area (Å²) in [5.74, 6) is -0.00743. The molecule has 2 aromatic rings. The summed E-state index contributed by atoms with van der Waals surface area (Å²) in [6.07, 6.45) is 0.889. The van der Waals surface area contributed by atoms with Crippen molar-refractivity contribution >= 4 is 23.2 Å². The fourth-order valence-electron chi connectivity index (χ4n) is 3.98. The van der Waals surface area contributed by atoms with E-state index in [1.807, 2.05) is 57.8 Å². The zero-order chi connectivity index (χ0) is 20.4. The summed E-state index contributed by atoms with van der Waals surface area (Å²) in [6, 6.07) is 11.9. The number of nitrogens with zero attached hydrogens (tertiary/aromatic N) is 1. The van der Waals surface area contributed by atoms with Gasteiger partial charge in [-0.1, -0.05) is 35.9 Å². The summed E-state index contributed by atoms with van der Waals surface area (Å²) in [7, 11) is 1.90. The molecule has 148 valence electrons. The van der Waals surface area contributed by atoms with Crippen molar-refractivity contribution in [1.82, 2.24) is 0 Å². The number of carbonyl (C=O) groups is 2. The van der Waals surface area contributed by atoms with Crippen LogP contribution in [0.2, 0.25) is 0 Å². The van der Waals surface area contributed by atoms with E-state index < -0.39 is 0 Å². The first kappa shape index (κ1) is 20.1. The minimum absolute atomic E-state index is 0.0675. The lowest BCUT2D eigenvalue weighted by atomic mass is 10.1. The number of aryl methyl sites for hydroxylation is 3. The highest BCUT2D eigenvalue weighted by Gasteiger charge is 2.32. The van der Waals surface area contributed by atoms with Crippen molar-refractivity contribution in [2.75, 3.05) is 30.4 Å². The van der Waals surface area contributed by atoms with Crippen LogP contribution in [0.3, 0.4) is 0 Å². The lowest BCUT2D eigenvalue weighted by molar-refractivity contribution is -0.885. The molecule has 0 fully saturated rings. The van der Waals surface area contributed by atoms with Crippen LogP contribution in [0.1, 0.15) is 29.2 Å². The zero-order valence-electron chi connectivity index (χ0n) is 17.4. The van der Waals surface area contributed by atoms with Crippen molar-refractivity contribution in [3.8, 4) is 0 Å². The first-order valence-electron chi connectivity index (χ1n) is 9.87. The molecule has 5 heteroatoms. The number of carbonyl (C=O) groups excluding carboxylic acids is 2. The van der Waals surface area contributed by atoms with Gasteiger partial charge in [0.05, 0.1) is 7.05 Å². The fourth-order valence-corrected chi connectivity index (χ4v) is 3.98. The van der Waals surface area contributed by atoms with Crippen LogP contribution in [-0.2, 0) is 16.0 Å². The third-order valence-corrected chi connectivity index (χ3v) is 5.64. The molecule has 2 atom stereocenters. The Hall–Kier alpha value is -2.66. The summed E-state index contributed by atoms with van der Waals surface area (Å²) < 4.78 is 0.